The van der Waals surface area contributed by atoms with E-state index < -0.39 is 10.0 Å². The molecule has 7 heteroatoms. The highest BCUT2D eigenvalue weighted by molar-refractivity contribution is 7.89. The third-order valence-electron chi connectivity index (χ3n) is 3.74. The van der Waals surface area contributed by atoms with Crippen LogP contribution in [0.25, 0.3) is 0 Å². The van der Waals surface area contributed by atoms with Gasteiger partial charge in [0.2, 0.25) is 10.0 Å². The third-order valence-corrected chi connectivity index (χ3v) is 5.14. The van der Waals surface area contributed by atoms with Gasteiger partial charge in [0.05, 0.1) is 10.6 Å². The van der Waals surface area contributed by atoms with Crippen molar-refractivity contribution in [1.82, 2.24) is 4.72 Å². The Kier molecular flexibility index (Phi) is 4.22. The second-order valence-electron chi connectivity index (χ2n) is 5.29. The van der Waals surface area contributed by atoms with Gasteiger partial charge in [-0.05, 0) is 42.9 Å². The molecule has 2 rings (SSSR count). The van der Waals surface area contributed by atoms with Crippen LogP contribution in [-0.4, -0.2) is 33.8 Å². The molecule has 0 heterocycles. The molecule has 4 N–H and O–H groups in total. The average molecular weight is 300 g/mol. The summed E-state index contributed by atoms with van der Waals surface area (Å²) < 4.78 is 32.0. The Morgan fingerprint density at radius 3 is 2.70 bits per heavy atom. The molecule has 0 amide bonds. The minimum absolute atomic E-state index is 0.0333. The van der Waals surface area contributed by atoms with E-state index in [1.165, 1.54) is 18.2 Å². The summed E-state index contributed by atoms with van der Waals surface area (Å²) in [5.74, 6) is -0.122. The molecule has 0 saturated heterocycles. The van der Waals surface area contributed by atoms with E-state index in [9.17, 15) is 13.5 Å². The van der Waals surface area contributed by atoms with Crippen molar-refractivity contribution in [1.29, 1.82) is 0 Å². The van der Waals surface area contributed by atoms with Crippen molar-refractivity contribution in [2.24, 2.45) is 5.41 Å². The van der Waals surface area contributed by atoms with E-state index >= 15 is 0 Å². The fourth-order valence-corrected chi connectivity index (χ4v) is 3.23. The second kappa shape index (κ2) is 5.59. The SMILES string of the molecule is COCCC1(CNS(=O)(=O)c2ccc(O)c(N)c2)CC1. The van der Waals surface area contributed by atoms with E-state index in [0.29, 0.717) is 13.2 Å². The van der Waals surface area contributed by atoms with Crippen LogP contribution in [0.3, 0.4) is 0 Å². The minimum atomic E-state index is -3.60. The molecule has 1 fully saturated rings. The molecular weight excluding hydrogens is 280 g/mol. The molecule has 0 aliphatic heterocycles. The zero-order valence-electron chi connectivity index (χ0n) is 11.4. The van der Waals surface area contributed by atoms with Crippen molar-refractivity contribution in [2.45, 2.75) is 24.2 Å². The number of phenols is 1. The highest BCUT2D eigenvalue weighted by atomic mass is 32.2. The summed E-state index contributed by atoms with van der Waals surface area (Å²) in [6.07, 6.45) is 2.87. The molecule has 0 radical (unpaired) electrons. The first kappa shape index (κ1) is 15.1. The number of rotatable bonds is 7. The van der Waals surface area contributed by atoms with E-state index in [0.717, 1.165) is 19.3 Å². The molecule has 1 aromatic carbocycles. The monoisotopic (exact) mass is 300 g/mol. The third kappa shape index (κ3) is 3.41. The van der Waals surface area contributed by atoms with Gasteiger partial charge < -0.3 is 15.6 Å². The average Bonchev–Trinajstić information content (AvgIpc) is 3.18. The van der Waals surface area contributed by atoms with Crippen molar-refractivity contribution in [3.8, 4) is 5.75 Å². The number of phenolic OH excluding ortho intramolecular Hbond substituents is 1. The first-order valence-electron chi connectivity index (χ1n) is 6.46. The van der Waals surface area contributed by atoms with E-state index in [-0.39, 0.29) is 21.7 Å². The number of nitrogen functional groups attached to an aromatic ring is 1. The number of ether oxygens (including phenoxy) is 1. The maximum atomic E-state index is 12.2. The van der Waals surface area contributed by atoms with Gasteiger partial charge in [-0.15, -0.1) is 0 Å². The molecule has 0 atom stereocenters. The normalized spacial score (nSPS) is 17.1. The van der Waals surface area contributed by atoms with Crippen LogP contribution in [0.15, 0.2) is 23.1 Å². The summed E-state index contributed by atoms with van der Waals surface area (Å²) in [5.41, 5.74) is 5.60. The zero-order chi connectivity index (χ0) is 14.8. The van der Waals surface area contributed by atoms with Gasteiger partial charge >= 0.3 is 0 Å². The van der Waals surface area contributed by atoms with Gasteiger partial charge in [-0.1, -0.05) is 0 Å². The Morgan fingerprint density at radius 1 is 1.45 bits per heavy atom. The van der Waals surface area contributed by atoms with Gasteiger partial charge in [-0.2, -0.15) is 0 Å². The lowest BCUT2D eigenvalue weighted by atomic mass is 10.0. The standard InChI is InChI=1S/C13H20N2O4S/c1-19-7-6-13(4-5-13)9-15-20(17,18)10-2-3-12(16)11(14)8-10/h2-3,8,15-16H,4-7,9,14H2,1H3. The molecule has 0 aromatic heterocycles. The van der Waals surface area contributed by atoms with Gasteiger partial charge in [-0.3, -0.25) is 0 Å². The molecule has 0 unspecified atom stereocenters. The van der Waals surface area contributed by atoms with Crippen LogP contribution < -0.4 is 10.5 Å². The summed E-state index contributed by atoms with van der Waals surface area (Å²) in [6.45, 7) is 1.04. The van der Waals surface area contributed by atoms with Crippen molar-refractivity contribution < 1.29 is 18.3 Å². The Labute approximate surface area is 119 Å². The van der Waals surface area contributed by atoms with Crippen LogP contribution >= 0.6 is 0 Å². The summed E-state index contributed by atoms with van der Waals surface area (Å²) in [6, 6.07) is 3.87. The van der Waals surface area contributed by atoms with Crippen LogP contribution in [0, 0.1) is 5.41 Å². The first-order valence-corrected chi connectivity index (χ1v) is 7.94. The first-order chi connectivity index (χ1) is 9.38. The van der Waals surface area contributed by atoms with Gasteiger partial charge in [0, 0.05) is 20.3 Å². The fourth-order valence-electron chi connectivity index (χ4n) is 2.04. The Balaban J connectivity index is 2.02. The quantitative estimate of drug-likeness (QED) is 0.516. The highest BCUT2D eigenvalue weighted by Crippen LogP contribution is 2.48. The highest BCUT2D eigenvalue weighted by Gasteiger charge is 2.42. The van der Waals surface area contributed by atoms with Crippen molar-refractivity contribution in [3.05, 3.63) is 18.2 Å². The van der Waals surface area contributed by atoms with Crippen LogP contribution in [0.1, 0.15) is 19.3 Å². The molecule has 20 heavy (non-hydrogen) atoms. The summed E-state index contributed by atoms with van der Waals surface area (Å²) in [7, 11) is -1.96. The molecule has 0 bridgehead atoms. The number of aromatic hydroxyl groups is 1. The molecule has 1 aliphatic carbocycles. The second-order valence-corrected chi connectivity index (χ2v) is 7.05. The maximum Gasteiger partial charge on any atom is 0.240 e. The van der Waals surface area contributed by atoms with Crippen LogP contribution in [0.4, 0.5) is 5.69 Å². The molecule has 1 aliphatic rings. The lowest BCUT2D eigenvalue weighted by Gasteiger charge is -2.16. The number of hydrogen-bond donors (Lipinski definition) is 3. The predicted molar refractivity (Wildman–Crippen MR) is 75.9 cm³/mol. The lowest BCUT2D eigenvalue weighted by Crippen LogP contribution is -2.31. The fraction of sp³-hybridized carbons (Fsp3) is 0.538. The minimum Gasteiger partial charge on any atom is -0.506 e. The molecular formula is C13H20N2O4S. The summed E-state index contributed by atoms with van der Waals surface area (Å²) in [4.78, 5) is 0.0651. The van der Waals surface area contributed by atoms with Crippen molar-refractivity contribution >= 4 is 15.7 Å². The Hall–Kier alpha value is -1.31. The number of benzene rings is 1. The smallest absolute Gasteiger partial charge is 0.240 e. The number of anilines is 1. The Morgan fingerprint density at radius 2 is 2.15 bits per heavy atom. The van der Waals surface area contributed by atoms with Crippen molar-refractivity contribution in [3.63, 3.8) is 0 Å². The van der Waals surface area contributed by atoms with Crippen molar-refractivity contribution in [2.75, 3.05) is 26.0 Å². The summed E-state index contributed by atoms with van der Waals surface area (Å²) in [5, 5.41) is 9.32. The summed E-state index contributed by atoms with van der Waals surface area (Å²) >= 11 is 0. The number of sulfonamides is 1. The number of nitrogens with one attached hydrogen (secondary N) is 1. The van der Waals surface area contributed by atoms with E-state index in [1.54, 1.807) is 7.11 Å². The molecule has 1 saturated carbocycles. The predicted octanol–water partition coefficient (Wildman–Crippen LogP) is 1.07. The molecule has 1 aromatic rings. The number of hydrogen-bond acceptors (Lipinski definition) is 5. The molecule has 0 spiro atoms. The zero-order valence-corrected chi connectivity index (χ0v) is 12.2. The van der Waals surface area contributed by atoms with Crippen LogP contribution in [0.5, 0.6) is 5.75 Å². The van der Waals surface area contributed by atoms with Crippen LogP contribution in [0.2, 0.25) is 0 Å². The maximum absolute atomic E-state index is 12.2. The largest absolute Gasteiger partial charge is 0.506 e. The van der Waals surface area contributed by atoms with E-state index in [1.807, 2.05) is 0 Å². The lowest BCUT2D eigenvalue weighted by molar-refractivity contribution is 0.173. The molecule has 6 nitrogen and oxygen atoms in total. The van der Waals surface area contributed by atoms with Gasteiger partial charge in [0.25, 0.3) is 0 Å². The Bertz CT molecular complexity index is 582. The molecule has 112 valence electrons. The van der Waals surface area contributed by atoms with Crippen LogP contribution in [-0.2, 0) is 14.8 Å². The van der Waals surface area contributed by atoms with E-state index in [4.69, 9.17) is 10.5 Å². The van der Waals surface area contributed by atoms with Gasteiger partial charge in [-0.25, -0.2) is 13.1 Å². The topological polar surface area (TPSA) is 102 Å². The van der Waals surface area contributed by atoms with Gasteiger partial charge in [0.15, 0.2) is 0 Å². The van der Waals surface area contributed by atoms with Gasteiger partial charge in [0.1, 0.15) is 5.75 Å². The number of nitrogens with two attached hydrogens (primary N) is 1. The number of methoxy groups -OCH3 is 1. The van der Waals surface area contributed by atoms with E-state index in [2.05, 4.69) is 4.72 Å².